The van der Waals surface area contributed by atoms with E-state index in [0.29, 0.717) is 37.0 Å². The van der Waals surface area contributed by atoms with Gasteiger partial charge in [0.05, 0.1) is 34.8 Å². The van der Waals surface area contributed by atoms with E-state index in [2.05, 4.69) is 14.8 Å². The van der Waals surface area contributed by atoms with Gasteiger partial charge in [-0.05, 0) is 56.4 Å². The Bertz CT molecular complexity index is 1860. The number of nitrogens with zero attached hydrogens (tertiary/aromatic N) is 4. The summed E-state index contributed by atoms with van der Waals surface area (Å²) < 4.78 is 96.2. The van der Waals surface area contributed by atoms with E-state index in [1.165, 1.54) is 0 Å². The van der Waals surface area contributed by atoms with Gasteiger partial charge in [0.2, 0.25) is 10.0 Å². The van der Waals surface area contributed by atoms with Crippen molar-refractivity contribution in [1.82, 2.24) is 23.9 Å². The molecule has 1 aliphatic rings. The van der Waals surface area contributed by atoms with Gasteiger partial charge in [-0.2, -0.15) is 31.4 Å². The minimum absolute atomic E-state index is 0.171. The number of fused-ring (bicyclic) bond motifs is 1. The van der Waals surface area contributed by atoms with Gasteiger partial charge in [-0.15, -0.1) is 0 Å². The monoisotopic (exact) mass is 708 g/mol. The van der Waals surface area contributed by atoms with Crippen LogP contribution >= 0.6 is 0 Å². The topological polar surface area (TPSA) is 202 Å². The number of aryl methyl sites for hydroxylation is 2. The Kier molecular flexibility index (Phi) is 11.5. The molecule has 6 N–H and O–H groups in total. The number of anilines is 1. The van der Waals surface area contributed by atoms with Crippen LogP contribution in [-0.2, 0) is 26.7 Å². The molecule has 0 radical (unpaired) electrons. The summed E-state index contributed by atoms with van der Waals surface area (Å²) in [7, 11) is -1.86. The Hall–Kier alpha value is -4.69. The molecule has 4 aromatic rings. The Labute approximate surface area is 268 Å². The standard InChI is InChI=1S/C24H28N6O3S.2C2HF3O2/c1-15-3-8-20(34(32,33)28-18-4-6-19(31)7-5-18)10-21(15)23-12-26-24-22(25)9-16(14-30(23)24)17-11-27-29(2)13-17;2*3-2(4,5)1(6)7/h3,8-14,18-19,28,31H,4-7,25H2,1-2H3;2*(H,6,7)/t18-,19-;;. The van der Waals surface area contributed by atoms with Crippen molar-refractivity contribution >= 4 is 33.3 Å². The molecule has 0 spiro atoms. The van der Waals surface area contributed by atoms with Crippen molar-refractivity contribution in [2.75, 3.05) is 5.73 Å². The van der Waals surface area contributed by atoms with Crippen LogP contribution in [0.15, 0.2) is 53.9 Å². The van der Waals surface area contributed by atoms with Crippen molar-refractivity contribution in [3.8, 4) is 22.4 Å². The number of imidazole rings is 1. The molecule has 1 fully saturated rings. The van der Waals surface area contributed by atoms with Crippen molar-refractivity contribution in [2.45, 2.75) is 62.0 Å². The first-order valence-corrected chi connectivity index (χ1v) is 15.3. The number of alkyl halides is 6. The zero-order valence-electron chi connectivity index (χ0n) is 25.1. The predicted molar refractivity (Wildman–Crippen MR) is 158 cm³/mol. The first kappa shape index (κ1) is 37.8. The van der Waals surface area contributed by atoms with Gasteiger partial charge in [0.15, 0.2) is 5.65 Å². The number of pyridine rings is 1. The molecule has 48 heavy (non-hydrogen) atoms. The van der Waals surface area contributed by atoms with Crippen LogP contribution in [0.25, 0.3) is 28.0 Å². The number of rotatable bonds is 5. The number of aliphatic hydroxyl groups excluding tert-OH is 1. The van der Waals surface area contributed by atoms with Crippen molar-refractivity contribution in [3.63, 3.8) is 0 Å². The fourth-order valence-corrected chi connectivity index (χ4v) is 5.90. The van der Waals surface area contributed by atoms with Crippen LogP contribution in [0.3, 0.4) is 0 Å². The van der Waals surface area contributed by atoms with Crippen LogP contribution < -0.4 is 10.5 Å². The van der Waals surface area contributed by atoms with Gasteiger partial charge < -0.3 is 21.1 Å². The highest BCUT2D eigenvalue weighted by atomic mass is 32.2. The highest BCUT2D eigenvalue weighted by Gasteiger charge is 2.39. The number of carboxylic acids is 2. The van der Waals surface area contributed by atoms with Gasteiger partial charge in [0, 0.05) is 42.2 Å². The van der Waals surface area contributed by atoms with Crippen molar-refractivity contribution < 1.29 is 59.7 Å². The number of aromatic nitrogens is 4. The molecule has 0 saturated heterocycles. The summed E-state index contributed by atoms with van der Waals surface area (Å²) in [5, 5.41) is 28.2. The molecule has 0 unspecified atom stereocenters. The minimum Gasteiger partial charge on any atom is -0.475 e. The molecule has 0 bridgehead atoms. The van der Waals surface area contributed by atoms with Gasteiger partial charge >= 0.3 is 24.3 Å². The Morgan fingerprint density at radius 1 is 0.938 bits per heavy atom. The fourth-order valence-electron chi connectivity index (χ4n) is 4.57. The average molecular weight is 709 g/mol. The van der Waals surface area contributed by atoms with Gasteiger partial charge in [0.1, 0.15) is 0 Å². The van der Waals surface area contributed by atoms with Gasteiger partial charge in [-0.1, -0.05) is 6.07 Å². The largest absolute Gasteiger partial charge is 0.490 e. The summed E-state index contributed by atoms with van der Waals surface area (Å²) in [6.45, 7) is 1.94. The number of aliphatic hydroxyl groups is 1. The number of nitrogen functional groups attached to an aromatic ring is 1. The molecule has 262 valence electrons. The molecule has 3 heterocycles. The SMILES string of the molecule is Cc1ccc(S(=O)(=O)N[C@H]2CC[C@H](O)CC2)cc1-c1cnc2c(N)cc(-c3cnn(C)c3)cn12.O=C(O)C(F)(F)F.O=C(O)C(F)(F)F. The van der Waals surface area contributed by atoms with E-state index < -0.39 is 34.3 Å². The maximum atomic E-state index is 13.1. The summed E-state index contributed by atoms with van der Waals surface area (Å²) >= 11 is 0. The van der Waals surface area contributed by atoms with Crippen LogP contribution in [-0.4, -0.2) is 79.3 Å². The van der Waals surface area contributed by atoms with Crippen LogP contribution in [0.1, 0.15) is 31.2 Å². The zero-order chi connectivity index (χ0) is 36.2. The van der Waals surface area contributed by atoms with E-state index in [0.717, 1.165) is 27.9 Å². The second-order valence-electron chi connectivity index (χ2n) is 10.6. The lowest BCUT2D eigenvalue weighted by Crippen LogP contribution is -2.38. The third kappa shape index (κ3) is 9.67. The molecule has 5 rings (SSSR count). The third-order valence-electron chi connectivity index (χ3n) is 6.97. The Balaban J connectivity index is 0.000000376. The summed E-state index contributed by atoms with van der Waals surface area (Å²) in [5.41, 5.74) is 11.7. The second-order valence-corrected chi connectivity index (χ2v) is 12.3. The molecule has 0 amide bonds. The van der Waals surface area contributed by atoms with E-state index in [4.69, 9.17) is 25.5 Å². The van der Waals surface area contributed by atoms with Crippen LogP contribution in [0.2, 0.25) is 0 Å². The van der Waals surface area contributed by atoms with Crippen molar-refractivity contribution in [3.05, 3.63) is 54.6 Å². The summed E-state index contributed by atoms with van der Waals surface area (Å²) in [6.07, 6.45) is -0.706. The number of nitrogens with one attached hydrogen (secondary N) is 1. The molecule has 13 nitrogen and oxygen atoms in total. The maximum Gasteiger partial charge on any atom is 0.490 e. The highest BCUT2D eigenvalue weighted by molar-refractivity contribution is 7.89. The van der Waals surface area contributed by atoms with Crippen LogP contribution in [0, 0.1) is 6.92 Å². The number of aliphatic carboxylic acids is 2. The number of hydrogen-bond donors (Lipinski definition) is 5. The number of benzene rings is 1. The van der Waals surface area contributed by atoms with Crippen molar-refractivity contribution in [2.24, 2.45) is 7.05 Å². The highest BCUT2D eigenvalue weighted by Crippen LogP contribution is 2.32. The molecule has 0 aliphatic heterocycles. The van der Waals surface area contributed by atoms with E-state index in [1.807, 2.05) is 42.9 Å². The smallest absolute Gasteiger partial charge is 0.475 e. The molecule has 1 saturated carbocycles. The summed E-state index contributed by atoms with van der Waals surface area (Å²) in [4.78, 5) is 22.5. The van der Waals surface area contributed by atoms with Crippen molar-refractivity contribution in [1.29, 1.82) is 0 Å². The summed E-state index contributed by atoms with van der Waals surface area (Å²) in [6, 6.07) is 6.81. The molecule has 0 atom stereocenters. The number of hydrogen-bond acceptors (Lipinski definition) is 8. The molecular formula is C28H30F6N6O7S. The number of carbonyl (C=O) groups is 2. The fraction of sp³-hybridized carbons (Fsp3) is 0.357. The summed E-state index contributed by atoms with van der Waals surface area (Å²) in [5.74, 6) is -5.51. The number of sulfonamides is 1. The Morgan fingerprint density at radius 3 is 2.00 bits per heavy atom. The van der Waals surface area contributed by atoms with Crippen LogP contribution in [0.4, 0.5) is 32.0 Å². The molecule has 1 aromatic carbocycles. The van der Waals surface area contributed by atoms with E-state index >= 15 is 0 Å². The van der Waals surface area contributed by atoms with Gasteiger partial charge in [-0.25, -0.2) is 27.7 Å². The van der Waals surface area contributed by atoms with Gasteiger partial charge in [0.25, 0.3) is 0 Å². The average Bonchev–Trinajstić information content (AvgIpc) is 3.60. The third-order valence-corrected chi connectivity index (χ3v) is 8.49. The lowest BCUT2D eigenvalue weighted by atomic mass is 9.94. The molecule has 3 aromatic heterocycles. The molecule has 1 aliphatic carbocycles. The minimum atomic E-state index is -5.08. The van der Waals surface area contributed by atoms with E-state index in [9.17, 15) is 39.9 Å². The Morgan fingerprint density at radius 2 is 1.50 bits per heavy atom. The lowest BCUT2D eigenvalue weighted by Gasteiger charge is -2.26. The number of carboxylic acid groups (broad SMARTS) is 2. The first-order chi connectivity index (χ1) is 22.1. The van der Waals surface area contributed by atoms with Crippen LogP contribution in [0.5, 0.6) is 0 Å². The second kappa shape index (κ2) is 14.6. The number of halogens is 6. The number of nitrogens with two attached hydrogens (primary N) is 1. The maximum absolute atomic E-state index is 13.1. The van der Waals surface area contributed by atoms with Gasteiger partial charge in [-0.3, -0.25) is 9.08 Å². The lowest BCUT2D eigenvalue weighted by molar-refractivity contribution is -0.193. The first-order valence-electron chi connectivity index (χ1n) is 13.8. The normalized spacial score (nSPS) is 16.8. The van der Waals surface area contributed by atoms with E-state index in [-0.39, 0.29) is 17.0 Å². The quantitative estimate of drug-likeness (QED) is 0.188. The molecule has 20 heteroatoms. The zero-order valence-corrected chi connectivity index (χ0v) is 25.9. The van der Waals surface area contributed by atoms with E-state index in [1.54, 1.807) is 29.2 Å². The predicted octanol–water partition coefficient (Wildman–Crippen LogP) is 4.14. The molecular weight excluding hydrogens is 678 g/mol.